The second kappa shape index (κ2) is 8.95. The molecule has 4 heterocycles. The Kier molecular flexibility index (Phi) is 6.35. The van der Waals surface area contributed by atoms with Gasteiger partial charge in [0.2, 0.25) is 0 Å². The third-order valence-electron chi connectivity index (χ3n) is 6.20. The van der Waals surface area contributed by atoms with E-state index in [2.05, 4.69) is 26.6 Å². The highest BCUT2D eigenvalue weighted by atomic mass is 35.5. The molecule has 154 valence electrons. The molecular formula is C20H30ClN5O2. The molecular weight excluding hydrogens is 378 g/mol. The van der Waals surface area contributed by atoms with Crippen LogP contribution in [0.25, 0.3) is 0 Å². The molecule has 7 nitrogen and oxygen atoms in total. The van der Waals surface area contributed by atoms with Gasteiger partial charge in [-0.3, -0.25) is 9.69 Å². The van der Waals surface area contributed by atoms with Crippen LogP contribution in [0.4, 0.5) is 5.82 Å². The largest absolute Gasteiger partial charge is 0.378 e. The number of halogens is 1. The molecule has 0 bridgehead atoms. The Labute approximate surface area is 172 Å². The maximum Gasteiger partial charge on any atom is 0.255 e. The van der Waals surface area contributed by atoms with Gasteiger partial charge >= 0.3 is 0 Å². The van der Waals surface area contributed by atoms with Gasteiger partial charge in [-0.15, -0.1) is 0 Å². The number of hydrogen-bond acceptors (Lipinski definition) is 6. The van der Waals surface area contributed by atoms with E-state index in [1.807, 2.05) is 0 Å². The van der Waals surface area contributed by atoms with E-state index < -0.39 is 0 Å². The van der Waals surface area contributed by atoms with E-state index in [9.17, 15) is 4.79 Å². The molecule has 1 unspecified atom stereocenters. The second-order valence-electron chi connectivity index (χ2n) is 7.79. The van der Waals surface area contributed by atoms with Gasteiger partial charge in [0.1, 0.15) is 5.82 Å². The normalized spacial score (nSPS) is 24.7. The summed E-state index contributed by atoms with van der Waals surface area (Å²) in [6, 6.07) is 2.33. The third-order valence-corrected chi connectivity index (χ3v) is 6.48. The van der Waals surface area contributed by atoms with Gasteiger partial charge in [-0.1, -0.05) is 18.5 Å². The number of carbonyl (C=O) groups excluding carboxylic acids is 1. The Balaban J connectivity index is 1.38. The molecule has 1 amide bonds. The minimum atomic E-state index is -0.0163. The van der Waals surface area contributed by atoms with Crippen molar-refractivity contribution >= 4 is 23.3 Å². The van der Waals surface area contributed by atoms with Crippen LogP contribution in [-0.2, 0) is 4.74 Å². The van der Waals surface area contributed by atoms with Crippen LogP contribution in [0.1, 0.15) is 23.7 Å². The van der Waals surface area contributed by atoms with Crippen molar-refractivity contribution in [1.82, 2.24) is 19.7 Å². The molecule has 0 N–H and O–H groups in total. The molecule has 8 heteroatoms. The molecule has 3 fully saturated rings. The minimum absolute atomic E-state index is 0.0163. The first-order valence-electron chi connectivity index (χ1n) is 10.4. The fourth-order valence-electron chi connectivity index (χ4n) is 4.41. The van der Waals surface area contributed by atoms with Crippen LogP contribution in [-0.4, -0.2) is 104 Å². The Morgan fingerprint density at radius 2 is 1.93 bits per heavy atom. The van der Waals surface area contributed by atoms with Gasteiger partial charge in [0.25, 0.3) is 5.91 Å². The molecule has 0 saturated carbocycles. The first kappa shape index (κ1) is 19.9. The van der Waals surface area contributed by atoms with Crippen LogP contribution in [0.15, 0.2) is 12.3 Å². The van der Waals surface area contributed by atoms with Crippen molar-refractivity contribution in [3.05, 3.63) is 22.8 Å². The van der Waals surface area contributed by atoms with E-state index >= 15 is 0 Å². The smallest absolute Gasteiger partial charge is 0.255 e. The van der Waals surface area contributed by atoms with Gasteiger partial charge in [-0.2, -0.15) is 0 Å². The first-order valence-corrected chi connectivity index (χ1v) is 10.8. The SMILES string of the molecule is CCN1CCN(C2CCN(c3ncc(C(=O)N4CCOCC4)cc3Cl)C2)CC1. The maximum absolute atomic E-state index is 12.6. The standard InChI is InChI=1S/C20H30ClN5O2/c1-2-23-5-7-24(8-6-23)17-3-4-26(15-17)19-18(21)13-16(14-22-19)20(27)25-9-11-28-12-10-25/h13-14,17H,2-12,15H2,1H3. The molecule has 3 aliphatic rings. The Hall–Kier alpha value is -1.41. The van der Waals surface area contributed by atoms with Crippen LogP contribution in [0, 0.1) is 0 Å². The van der Waals surface area contributed by atoms with Gasteiger partial charge in [-0.25, -0.2) is 4.98 Å². The summed E-state index contributed by atoms with van der Waals surface area (Å²) in [4.78, 5) is 26.4. The molecule has 0 spiro atoms. The fourth-order valence-corrected chi connectivity index (χ4v) is 4.69. The van der Waals surface area contributed by atoms with E-state index in [4.69, 9.17) is 16.3 Å². The average Bonchev–Trinajstić information content (AvgIpc) is 3.23. The zero-order valence-electron chi connectivity index (χ0n) is 16.6. The van der Waals surface area contributed by atoms with Gasteiger partial charge < -0.3 is 19.4 Å². The zero-order chi connectivity index (χ0) is 19.5. The number of rotatable bonds is 4. The zero-order valence-corrected chi connectivity index (χ0v) is 17.4. The minimum Gasteiger partial charge on any atom is -0.378 e. The van der Waals surface area contributed by atoms with Crippen LogP contribution in [0.3, 0.4) is 0 Å². The Morgan fingerprint density at radius 1 is 1.18 bits per heavy atom. The second-order valence-corrected chi connectivity index (χ2v) is 8.20. The van der Waals surface area contributed by atoms with Crippen LogP contribution >= 0.6 is 11.6 Å². The predicted octanol–water partition coefficient (Wildman–Crippen LogP) is 1.42. The lowest BCUT2D eigenvalue weighted by atomic mass is 10.2. The summed E-state index contributed by atoms with van der Waals surface area (Å²) in [6.07, 6.45) is 2.81. The number of ether oxygens (including phenoxy) is 1. The highest BCUT2D eigenvalue weighted by molar-refractivity contribution is 6.33. The molecule has 1 aromatic heterocycles. The lowest BCUT2D eigenvalue weighted by Crippen LogP contribution is -2.50. The highest BCUT2D eigenvalue weighted by Crippen LogP contribution is 2.29. The molecule has 4 rings (SSSR count). The van der Waals surface area contributed by atoms with Crippen LogP contribution in [0.5, 0.6) is 0 Å². The summed E-state index contributed by atoms with van der Waals surface area (Å²) in [5, 5.41) is 0.565. The molecule has 28 heavy (non-hydrogen) atoms. The molecule has 0 aromatic carbocycles. The van der Waals surface area contributed by atoms with Gasteiger partial charge in [0.05, 0.1) is 23.8 Å². The number of likely N-dealkylation sites (N-methyl/N-ethyl adjacent to an activating group) is 1. The van der Waals surface area contributed by atoms with E-state index in [0.717, 1.165) is 58.1 Å². The lowest BCUT2D eigenvalue weighted by Gasteiger charge is -2.37. The van der Waals surface area contributed by atoms with Crippen molar-refractivity contribution in [3.8, 4) is 0 Å². The Bertz CT molecular complexity index is 689. The van der Waals surface area contributed by atoms with Gasteiger partial charge in [-0.05, 0) is 19.0 Å². The molecule has 1 aromatic rings. The topological polar surface area (TPSA) is 52.2 Å². The van der Waals surface area contributed by atoms with E-state index in [0.29, 0.717) is 42.9 Å². The predicted molar refractivity (Wildman–Crippen MR) is 110 cm³/mol. The van der Waals surface area contributed by atoms with Gasteiger partial charge in [0.15, 0.2) is 0 Å². The Morgan fingerprint density at radius 3 is 2.61 bits per heavy atom. The molecule has 0 aliphatic carbocycles. The summed E-state index contributed by atoms with van der Waals surface area (Å²) in [6.45, 7) is 12.3. The van der Waals surface area contributed by atoms with E-state index in [-0.39, 0.29) is 5.91 Å². The number of nitrogens with zero attached hydrogens (tertiary/aromatic N) is 5. The van der Waals surface area contributed by atoms with Crippen LogP contribution < -0.4 is 4.90 Å². The van der Waals surface area contributed by atoms with Gasteiger partial charge in [0, 0.05) is 64.6 Å². The van der Waals surface area contributed by atoms with E-state index in [1.165, 1.54) is 0 Å². The van der Waals surface area contributed by atoms with Crippen molar-refractivity contribution in [3.63, 3.8) is 0 Å². The molecule has 1 atom stereocenters. The summed E-state index contributed by atoms with van der Waals surface area (Å²) in [5.41, 5.74) is 0.557. The molecule has 0 radical (unpaired) electrons. The first-order chi connectivity index (χ1) is 13.7. The number of morpholine rings is 1. The average molecular weight is 408 g/mol. The summed E-state index contributed by atoms with van der Waals surface area (Å²) >= 11 is 6.54. The van der Waals surface area contributed by atoms with Crippen LogP contribution in [0.2, 0.25) is 5.02 Å². The number of amides is 1. The third kappa shape index (κ3) is 4.27. The number of hydrogen-bond donors (Lipinski definition) is 0. The summed E-state index contributed by atoms with van der Waals surface area (Å²) < 4.78 is 5.32. The van der Waals surface area contributed by atoms with Crippen molar-refractivity contribution < 1.29 is 9.53 Å². The fraction of sp³-hybridized carbons (Fsp3) is 0.700. The van der Waals surface area contributed by atoms with Crippen molar-refractivity contribution in [2.75, 3.05) is 77.0 Å². The summed E-state index contributed by atoms with van der Waals surface area (Å²) in [7, 11) is 0. The molecule has 3 aliphatic heterocycles. The number of anilines is 1. The van der Waals surface area contributed by atoms with E-state index in [1.54, 1.807) is 17.2 Å². The van der Waals surface area contributed by atoms with Crippen molar-refractivity contribution in [1.29, 1.82) is 0 Å². The molecule has 3 saturated heterocycles. The highest BCUT2D eigenvalue weighted by Gasteiger charge is 2.31. The summed E-state index contributed by atoms with van der Waals surface area (Å²) in [5.74, 6) is 0.784. The number of aromatic nitrogens is 1. The monoisotopic (exact) mass is 407 g/mol. The number of pyridine rings is 1. The quantitative estimate of drug-likeness (QED) is 0.752. The van der Waals surface area contributed by atoms with Crippen molar-refractivity contribution in [2.45, 2.75) is 19.4 Å². The maximum atomic E-state index is 12.6. The van der Waals surface area contributed by atoms with Crippen molar-refractivity contribution in [2.24, 2.45) is 0 Å². The number of piperazine rings is 1. The lowest BCUT2D eigenvalue weighted by molar-refractivity contribution is 0.0302. The number of carbonyl (C=O) groups is 1.